The molecular formula is C15H23ClN2O. The molecule has 1 fully saturated rings. The van der Waals surface area contributed by atoms with Crippen LogP contribution in [0.25, 0.3) is 0 Å². The van der Waals surface area contributed by atoms with Crippen LogP contribution in [0, 0.1) is 0 Å². The Morgan fingerprint density at radius 3 is 2.74 bits per heavy atom. The average molecular weight is 283 g/mol. The summed E-state index contributed by atoms with van der Waals surface area (Å²) in [6.45, 7) is 4.80. The van der Waals surface area contributed by atoms with Gasteiger partial charge in [-0.15, -0.1) is 0 Å². The first-order valence-corrected chi connectivity index (χ1v) is 7.30. The number of halogens is 1. The summed E-state index contributed by atoms with van der Waals surface area (Å²) >= 11 is 5.98. The van der Waals surface area contributed by atoms with E-state index in [9.17, 15) is 5.11 Å². The van der Waals surface area contributed by atoms with Crippen LogP contribution in [0.2, 0.25) is 5.02 Å². The summed E-state index contributed by atoms with van der Waals surface area (Å²) in [6, 6.07) is 7.80. The Balaban J connectivity index is 1.80. The predicted molar refractivity (Wildman–Crippen MR) is 79.3 cm³/mol. The number of nitrogens with zero attached hydrogens (tertiary/aromatic N) is 1. The second-order valence-corrected chi connectivity index (χ2v) is 6.23. The Hall–Kier alpha value is -0.610. The number of aliphatic hydroxyl groups is 1. The summed E-state index contributed by atoms with van der Waals surface area (Å²) in [5.74, 6) is 0. The molecule has 0 amide bonds. The third kappa shape index (κ3) is 4.46. The number of benzene rings is 1. The molecule has 2 rings (SSSR count). The van der Waals surface area contributed by atoms with E-state index in [1.807, 2.05) is 31.2 Å². The maximum atomic E-state index is 9.91. The molecule has 19 heavy (non-hydrogen) atoms. The van der Waals surface area contributed by atoms with E-state index in [-0.39, 0.29) is 6.04 Å². The third-order valence-electron chi connectivity index (χ3n) is 3.97. The van der Waals surface area contributed by atoms with Crippen molar-refractivity contribution in [2.24, 2.45) is 5.73 Å². The highest BCUT2D eigenvalue weighted by Crippen LogP contribution is 2.23. The van der Waals surface area contributed by atoms with Crippen molar-refractivity contribution >= 4 is 11.6 Å². The van der Waals surface area contributed by atoms with Crippen LogP contribution in [-0.2, 0) is 0 Å². The zero-order valence-corrected chi connectivity index (χ0v) is 12.2. The van der Waals surface area contributed by atoms with E-state index < -0.39 is 5.60 Å². The van der Waals surface area contributed by atoms with Gasteiger partial charge in [-0.25, -0.2) is 0 Å². The Kier molecular flexibility index (Phi) is 4.85. The van der Waals surface area contributed by atoms with Crippen LogP contribution in [0.15, 0.2) is 24.3 Å². The fourth-order valence-corrected chi connectivity index (χ4v) is 2.68. The van der Waals surface area contributed by atoms with Crippen LogP contribution >= 0.6 is 11.6 Å². The molecule has 4 heteroatoms. The summed E-state index contributed by atoms with van der Waals surface area (Å²) in [4.78, 5) is 2.38. The van der Waals surface area contributed by atoms with Gasteiger partial charge >= 0.3 is 0 Å². The Bertz CT molecular complexity index is 412. The lowest BCUT2D eigenvalue weighted by molar-refractivity contribution is -0.00576. The molecule has 106 valence electrons. The van der Waals surface area contributed by atoms with Gasteiger partial charge in [0.1, 0.15) is 0 Å². The molecule has 1 unspecified atom stereocenters. The maximum Gasteiger partial charge on any atom is 0.0644 e. The fourth-order valence-electron chi connectivity index (χ4n) is 2.48. The van der Waals surface area contributed by atoms with Crippen molar-refractivity contribution in [3.05, 3.63) is 34.9 Å². The lowest BCUT2D eigenvalue weighted by atomic mass is 9.93. The number of likely N-dealkylation sites (tertiary alicyclic amines) is 1. The molecule has 1 atom stereocenters. The summed E-state index contributed by atoms with van der Waals surface area (Å²) in [5.41, 5.74) is 6.81. The van der Waals surface area contributed by atoms with Gasteiger partial charge in [0.15, 0.2) is 0 Å². The van der Waals surface area contributed by atoms with Gasteiger partial charge in [-0.1, -0.05) is 23.7 Å². The topological polar surface area (TPSA) is 49.5 Å². The summed E-state index contributed by atoms with van der Waals surface area (Å²) < 4.78 is 0. The predicted octanol–water partition coefficient (Wildman–Crippen LogP) is 2.58. The number of hydrogen-bond donors (Lipinski definition) is 2. The fraction of sp³-hybridized carbons (Fsp3) is 0.600. The highest BCUT2D eigenvalue weighted by atomic mass is 35.5. The smallest absolute Gasteiger partial charge is 0.0644 e. The highest BCUT2D eigenvalue weighted by Gasteiger charge is 2.27. The van der Waals surface area contributed by atoms with E-state index in [1.165, 1.54) is 0 Å². The zero-order chi connectivity index (χ0) is 13.9. The van der Waals surface area contributed by atoms with Gasteiger partial charge in [-0.05, 0) is 50.4 Å². The maximum absolute atomic E-state index is 9.91. The van der Waals surface area contributed by atoms with Crippen molar-refractivity contribution in [2.45, 2.75) is 37.8 Å². The van der Waals surface area contributed by atoms with Gasteiger partial charge in [-0.3, -0.25) is 0 Å². The van der Waals surface area contributed by atoms with Crippen molar-refractivity contribution < 1.29 is 5.11 Å². The molecular weight excluding hydrogens is 260 g/mol. The van der Waals surface area contributed by atoms with Gasteiger partial charge in [-0.2, -0.15) is 0 Å². The van der Waals surface area contributed by atoms with E-state index in [1.54, 1.807) is 0 Å². The largest absolute Gasteiger partial charge is 0.390 e. The molecule has 1 aromatic rings. The minimum atomic E-state index is -0.481. The molecule has 3 nitrogen and oxygen atoms in total. The number of hydrogen-bond acceptors (Lipinski definition) is 3. The molecule has 1 heterocycles. The van der Waals surface area contributed by atoms with Crippen molar-refractivity contribution in [2.75, 3.05) is 19.6 Å². The SMILES string of the molecule is CC1(O)CCN(CCC(N)c2cccc(Cl)c2)CC1. The molecule has 0 bridgehead atoms. The van der Waals surface area contributed by atoms with Gasteiger partial charge < -0.3 is 15.7 Å². The Morgan fingerprint density at radius 1 is 1.42 bits per heavy atom. The standard InChI is InChI=1S/C15H23ClN2O/c1-15(19)6-9-18(10-7-15)8-5-14(17)12-3-2-4-13(16)11-12/h2-4,11,14,19H,5-10,17H2,1H3. The monoisotopic (exact) mass is 282 g/mol. The lowest BCUT2D eigenvalue weighted by Gasteiger charge is -2.36. The van der Waals surface area contributed by atoms with E-state index in [2.05, 4.69) is 4.90 Å². The molecule has 3 N–H and O–H groups in total. The molecule has 1 aromatic carbocycles. The zero-order valence-electron chi connectivity index (χ0n) is 11.5. The first-order valence-electron chi connectivity index (χ1n) is 6.92. The lowest BCUT2D eigenvalue weighted by Crippen LogP contribution is -2.43. The van der Waals surface area contributed by atoms with Crippen LogP contribution < -0.4 is 5.73 Å². The second kappa shape index (κ2) is 6.23. The van der Waals surface area contributed by atoms with Gasteiger partial charge in [0.2, 0.25) is 0 Å². The second-order valence-electron chi connectivity index (χ2n) is 5.79. The Labute approximate surface area is 120 Å². The average Bonchev–Trinajstić information content (AvgIpc) is 2.37. The Morgan fingerprint density at radius 2 is 2.11 bits per heavy atom. The number of nitrogens with two attached hydrogens (primary N) is 1. The van der Waals surface area contributed by atoms with Crippen molar-refractivity contribution in [3.63, 3.8) is 0 Å². The normalized spacial score (nSPS) is 21.3. The summed E-state index contributed by atoms with van der Waals surface area (Å²) in [6.07, 6.45) is 2.61. The molecule has 0 aliphatic carbocycles. The number of piperidine rings is 1. The van der Waals surface area contributed by atoms with Crippen LogP contribution in [-0.4, -0.2) is 35.2 Å². The highest BCUT2D eigenvalue weighted by molar-refractivity contribution is 6.30. The van der Waals surface area contributed by atoms with E-state index in [4.69, 9.17) is 17.3 Å². The van der Waals surface area contributed by atoms with Crippen molar-refractivity contribution in [1.82, 2.24) is 4.90 Å². The van der Waals surface area contributed by atoms with Crippen LogP contribution in [0.3, 0.4) is 0 Å². The molecule has 0 aromatic heterocycles. The van der Waals surface area contributed by atoms with E-state index in [0.717, 1.165) is 49.5 Å². The van der Waals surface area contributed by atoms with Crippen LogP contribution in [0.4, 0.5) is 0 Å². The quantitative estimate of drug-likeness (QED) is 0.892. The van der Waals surface area contributed by atoms with Gasteiger partial charge in [0.05, 0.1) is 5.60 Å². The van der Waals surface area contributed by atoms with Crippen LogP contribution in [0.5, 0.6) is 0 Å². The molecule has 1 aliphatic rings. The minimum absolute atomic E-state index is 0.0288. The van der Waals surface area contributed by atoms with Gasteiger partial charge in [0, 0.05) is 24.2 Å². The molecule has 1 aliphatic heterocycles. The molecule has 0 radical (unpaired) electrons. The molecule has 1 saturated heterocycles. The van der Waals surface area contributed by atoms with Gasteiger partial charge in [0.25, 0.3) is 0 Å². The summed E-state index contributed by atoms with van der Waals surface area (Å²) in [5, 5.41) is 10.7. The minimum Gasteiger partial charge on any atom is -0.390 e. The van der Waals surface area contributed by atoms with E-state index >= 15 is 0 Å². The van der Waals surface area contributed by atoms with Crippen LogP contribution in [0.1, 0.15) is 37.8 Å². The first kappa shape index (κ1) is 14.8. The van der Waals surface area contributed by atoms with Crippen molar-refractivity contribution in [3.8, 4) is 0 Å². The molecule has 0 saturated carbocycles. The van der Waals surface area contributed by atoms with Crippen molar-refractivity contribution in [1.29, 1.82) is 0 Å². The third-order valence-corrected chi connectivity index (χ3v) is 4.20. The molecule has 0 spiro atoms. The first-order chi connectivity index (χ1) is 8.96. The van der Waals surface area contributed by atoms with E-state index in [0.29, 0.717) is 0 Å². The number of rotatable bonds is 4. The summed E-state index contributed by atoms with van der Waals surface area (Å²) in [7, 11) is 0.